The summed E-state index contributed by atoms with van der Waals surface area (Å²) in [5.74, 6) is 0.807. The fourth-order valence-corrected chi connectivity index (χ4v) is 2.07. The lowest BCUT2D eigenvalue weighted by atomic mass is 9.96. The van der Waals surface area contributed by atoms with E-state index >= 15 is 0 Å². The maximum atomic E-state index is 9.65. The number of aliphatic hydroxyl groups is 1. The van der Waals surface area contributed by atoms with Crippen molar-refractivity contribution in [3.63, 3.8) is 0 Å². The average Bonchev–Trinajstić information content (AvgIpc) is 2.35. The first-order chi connectivity index (χ1) is 6.94. The molecule has 80 valence electrons. The van der Waals surface area contributed by atoms with E-state index in [-0.39, 0.29) is 0 Å². The number of rotatable bonds is 1. The fraction of sp³-hybridized carbons (Fsp3) is 0.600. The summed E-state index contributed by atoms with van der Waals surface area (Å²) >= 11 is 0. The van der Waals surface area contributed by atoms with Crippen molar-refractivity contribution in [1.29, 1.82) is 5.26 Å². The van der Waals surface area contributed by atoms with E-state index in [9.17, 15) is 5.11 Å². The van der Waals surface area contributed by atoms with Crippen molar-refractivity contribution in [2.24, 2.45) is 7.05 Å². The van der Waals surface area contributed by atoms with Crippen LogP contribution in [0.25, 0.3) is 0 Å². The normalized spacial score (nSPS) is 18.5. The van der Waals surface area contributed by atoms with Crippen LogP contribution in [0.5, 0.6) is 0 Å². The highest BCUT2D eigenvalue weighted by Crippen LogP contribution is 2.30. The number of hydrogen-bond acceptors (Lipinski definition) is 4. The van der Waals surface area contributed by atoms with Gasteiger partial charge < -0.3 is 10.0 Å². The highest BCUT2D eigenvalue weighted by Gasteiger charge is 2.39. The van der Waals surface area contributed by atoms with Crippen LogP contribution in [0.2, 0.25) is 0 Å². The first kappa shape index (κ1) is 9.99. The van der Waals surface area contributed by atoms with Crippen molar-refractivity contribution in [2.45, 2.75) is 19.4 Å². The van der Waals surface area contributed by atoms with E-state index in [1.165, 1.54) is 0 Å². The van der Waals surface area contributed by atoms with Gasteiger partial charge in [0.2, 0.25) is 0 Å². The Balaban J connectivity index is 2.34. The third-order valence-electron chi connectivity index (χ3n) is 2.67. The molecular formula is C10H14N4O. The molecular weight excluding hydrogens is 192 g/mol. The Morgan fingerprint density at radius 1 is 1.53 bits per heavy atom. The van der Waals surface area contributed by atoms with Gasteiger partial charge in [-0.05, 0) is 13.8 Å². The van der Waals surface area contributed by atoms with Gasteiger partial charge in [-0.15, -0.1) is 0 Å². The van der Waals surface area contributed by atoms with E-state index in [1.807, 2.05) is 18.9 Å². The number of anilines is 1. The van der Waals surface area contributed by atoms with Crippen LogP contribution in [0.3, 0.4) is 0 Å². The smallest absolute Gasteiger partial charge is 0.145 e. The summed E-state index contributed by atoms with van der Waals surface area (Å²) in [5.41, 5.74) is 0.708. The third kappa shape index (κ3) is 1.47. The van der Waals surface area contributed by atoms with E-state index in [2.05, 4.69) is 11.2 Å². The Hall–Kier alpha value is -1.54. The zero-order chi connectivity index (χ0) is 11.2. The molecule has 1 aromatic rings. The van der Waals surface area contributed by atoms with Gasteiger partial charge in [0.05, 0.1) is 11.3 Å². The van der Waals surface area contributed by atoms with Crippen LogP contribution in [0, 0.1) is 18.3 Å². The molecule has 1 aliphatic heterocycles. The molecule has 0 saturated carbocycles. The highest BCUT2D eigenvalue weighted by atomic mass is 16.3. The molecule has 2 rings (SSSR count). The predicted octanol–water partition coefficient (Wildman–Crippen LogP) is 0.171. The largest absolute Gasteiger partial charge is 0.386 e. The second-order valence-electron chi connectivity index (χ2n) is 4.37. The first-order valence-electron chi connectivity index (χ1n) is 4.85. The summed E-state index contributed by atoms with van der Waals surface area (Å²) in [5, 5.41) is 22.9. The van der Waals surface area contributed by atoms with Gasteiger partial charge in [-0.1, -0.05) is 0 Å². The summed E-state index contributed by atoms with van der Waals surface area (Å²) in [6, 6.07) is 2.15. The monoisotopic (exact) mass is 206 g/mol. The second-order valence-corrected chi connectivity index (χ2v) is 4.37. The lowest BCUT2D eigenvalue weighted by Crippen LogP contribution is -2.60. The summed E-state index contributed by atoms with van der Waals surface area (Å²) < 4.78 is 1.70. The molecule has 0 spiro atoms. The molecule has 1 aliphatic rings. The SMILES string of the molecule is Cc1nn(C)c(N2CC(C)(O)C2)c1C#N. The number of hydrogen-bond donors (Lipinski definition) is 1. The minimum absolute atomic E-state index is 0.556. The Bertz CT molecular complexity index is 433. The Kier molecular flexibility index (Phi) is 1.98. The lowest BCUT2D eigenvalue weighted by Gasteiger charge is -2.45. The number of nitrogens with zero attached hydrogens (tertiary/aromatic N) is 4. The maximum absolute atomic E-state index is 9.65. The summed E-state index contributed by atoms with van der Waals surface area (Å²) in [7, 11) is 1.82. The fourth-order valence-electron chi connectivity index (χ4n) is 2.07. The standard InChI is InChI=1S/C10H14N4O/c1-7-8(4-11)9(13(3)12-7)14-5-10(2,15)6-14/h15H,5-6H2,1-3H3. The van der Waals surface area contributed by atoms with Crippen LogP contribution in [0.15, 0.2) is 0 Å². The number of β-amino-alcohol motifs (C(OH)–C–C–N with tert-alkyl or cyclic N) is 1. The Morgan fingerprint density at radius 2 is 2.13 bits per heavy atom. The zero-order valence-electron chi connectivity index (χ0n) is 9.15. The van der Waals surface area contributed by atoms with Crippen molar-refractivity contribution in [3.8, 4) is 6.07 Å². The minimum atomic E-state index is -0.634. The van der Waals surface area contributed by atoms with Gasteiger partial charge in [0.15, 0.2) is 0 Å². The maximum Gasteiger partial charge on any atom is 0.145 e. The van der Waals surface area contributed by atoms with E-state index in [4.69, 9.17) is 5.26 Å². The molecule has 0 amide bonds. The molecule has 5 nitrogen and oxygen atoms in total. The van der Waals surface area contributed by atoms with Gasteiger partial charge >= 0.3 is 0 Å². The van der Waals surface area contributed by atoms with Gasteiger partial charge in [-0.2, -0.15) is 10.4 Å². The van der Waals surface area contributed by atoms with Gasteiger partial charge in [0, 0.05) is 20.1 Å². The van der Waals surface area contributed by atoms with Crippen LogP contribution < -0.4 is 4.90 Å². The predicted molar refractivity (Wildman–Crippen MR) is 55.5 cm³/mol. The number of aromatic nitrogens is 2. The molecule has 0 unspecified atom stereocenters. The van der Waals surface area contributed by atoms with Crippen LogP contribution in [-0.2, 0) is 7.05 Å². The molecule has 0 aromatic carbocycles. The van der Waals surface area contributed by atoms with Crippen molar-refractivity contribution >= 4 is 5.82 Å². The minimum Gasteiger partial charge on any atom is -0.386 e. The average molecular weight is 206 g/mol. The quantitative estimate of drug-likeness (QED) is 0.711. The zero-order valence-corrected chi connectivity index (χ0v) is 9.15. The Morgan fingerprint density at radius 3 is 2.60 bits per heavy atom. The molecule has 0 radical (unpaired) electrons. The topological polar surface area (TPSA) is 65.1 Å². The highest BCUT2D eigenvalue weighted by molar-refractivity contribution is 5.59. The van der Waals surface area contributed by atoms with Gasteiger partial charge in [-0.3, -0.25) is 4.68 Å². The van der Waals surface area contributed by atoms with Crippen molar-refractivity contribution in [1.82, 2.24) is 9.78 Å². The molecule has 1 saturated heterocycles. The number of nitriles is 1. The molecule has 5 heteroatoms. The van der Waals surface area contributed by atoms with E-state index < -0.39 is 5.60 Å². The van der Waals surface area contributed by atoms with E-state index in [0.29, 0.717) is 18.7 Å². The molecule has 15 heavy (non-hydrogen) atoms. The van der Waals surface area contributed by atoms with Crippen molar-refractivity contribution < 1.29 is 5.11 Å². The van der Waals surface area contributed by atoms with Gasteiger partial charge in [0.1, 0.15) is 17.5 Å². The molecule has 0 atom stereocenters. The second kappa shape index (κ2) is 2.97. The summed E-state index contributed by atoms with van der Waals surface area (Å²) in [4.78, 5) is 1.97. The van der Waals surface area contributed by atoms with E-state index in [0.717, 1.165) is 11.5 Å². The van der Waals surface area contributed by atoms with Crippen LogP contribution in [-0.4, -0.2) is 33.6 Å². The van der Waals surface area contributed by atoms with Crippen molar-refractivity contribution in [3.05, 3.63) is 11.3 Å². The molecule has 0 bridgehead atoms. The summed E-state index contributed by atoms with van der Waals surface area (Å²) in [6.07, 6.45) is 0. The molecule has 1 N–H and O–H groups in total. The third-order valence-corrected chi connectivity index (χ3v) is 2.67. The molecule has 0 aliphatic carbocycles. The van der Waals surface area contributed by atoms with Crippen molar-refractivity contribution in [2.75, 3.05) is 18.0 Å². The van der Waals surface area contributed by atoms with Crippen LogP contribution in [0.4, 0.5) is 5.82 Å². The summed E-state index contributed by atoms with van der Waals surface area (Å²) in [6.45, 7) is 4.72. The molecule has 1 aromatic heterocycles. The number of aryl methyl sites for hydroxylation is 2. The molecule has 2 heterocycles. The Labute approximate surface area is 88.5 Å². The van der Waals surface area contributed by atoms with E-state index in [1.54, 1.807) is 11.6 Å². The van der Waals surface area contributed by atoms with Crippen LogP contribution in [0.1, 0.15) is 18.2 Å². The lowest BCUT2D eigenvalue weighted by molar-refractivity contribution is 0.0301. The first-order valence-corrected chi connectivity index (χ1v) is 4.85. The van der Waals surface area contributed by atoms with Gasteiger partial charge in [0.25, 0.3) is 0 Å². The molecule has 1 fully saturated rings. The van der Waals surface area contributed by atoms with Crippen LogP contribution >= 0.6 is 0 Å². The van der Waals surface area contributed by atoms with Gasteiger partial charge in [-0.25, -0.2) is 0 Å².